The summed E-state index contributed by atoms with van der Waals surface area (Å²) in [5, 5.41) is 9.57. The maximum absolute atomic E-state index is 9.57. The van der Waals surface area contributed by atoms with Gasteiger partial charge in [0.25, 0.3) is 0 Å². The number of benzene rings is 1. The van der Waals surface area contributed by atoms with Crippen LogP contribution in [0.4, 0.5) is 0 Å². The monoisotopic (exact) mass is 220 g/mol. The van der Waals surface area contributed by atoms with Gasteiger partial charge in [0.1, 0.15) is 5.75 Å². The Labute approximate surface area is 99.5 Å². The van der Waals surface area contributed by atoms with Crippen LogP contribution in [-0.2, 0) is 6.42 Å². The van der Waals surface area contributed by atoms with Gasteiger partial charge in [0.2, 0.25) is 0 Å². The zero-order chi connectivity index (χ0) is 11.8. The van der Waals surface area contributed by atoms with Gasteiger partial charge in [-0.3, -0.25) is 0 Å². The van der Waals surface area contributed by atoms with E-state index in [1.165, 1.54) is 44.1 Å². The number of hydrogen-bond acceptors (Lipinski definition) is 1. The Kier molecular flexibility index (Phi) is 5.99. The van der Waals surface area contributed by atoms with Crippen LogP contribution in [0.15, 0.2) is 18.2 Å². The summed E-state index contributed by atoms with van der Waals surface area (Å²) in [6.45, 7) is 4.18. The molecule has 0 bridgehead atoms. The standard InChI is InChI=1S/C15H24O/c1-3-4-5-6-7-8-9-14-11-10-13(2)15(16)12-14/h10-12,16H,3-9H2,1-2H3. The minimum Gasteiger partial charge on any atom is -0.508 e. The zero-order valence-corrected chi connectivity index (χ0v) is 10.6. The molecule has 0 saturated carbocycles. The molecule has 0 aliphatic carbocycles. The Morgan fingerprint density at radius 2 is 1.69 bits per heavy atom. The van der Waals surface area contributed by atoms with Gasteiger partial charge in [0, 0.05) is 0 Å². The maximum Gasteiger partial charge on any atom is 0.118 e. The molecule has 0 unspecified atom stereocenters. The first-order chi connectivity index (χ1) is 7.74. The van der Waals surface area contributed by atoms with Crippen LogP contribution in [0.3, 0.4) is 0 Å². The molecule has 0 spiro atoms. The number of phenols is 1. The van der Waals surface area contributed by atoms with Crippen molar-refractivity contribution in [2.75, 3.05) is 0 Å². The first-order valence-corrected chi connectivity index (χ1v) is 6.52. The Hall–Kier alpha value is -0.980. The lowest BCUT2D eigenvalue weighted by Crippen LogP contribution is -1.87. The smallest absolute Gasteiger partial charge is 0.118 e. The zero-order valence-electron chi connectivity index (χ0n) is 10.6. The highest BCUT2D eigenvalue weighted by atomic mass is 16.3. The third-order valence-electron chi connectivity index (χ3n) is 3.09. The number of phenolic OH excluding ortho intramolecular Hbond substituents is 1. The molecule has 90 valence electrons. The second-order valence-corrected chi connectivity index (χ2v) is 4.64. The van der Waals surface area contributed by atoms with E-state index in [4.69, 9.17) is 0 Å². The summed E-state index contributed by atoms with van der Waals surface area (Å²) in [5.74, 6) is 0.434. The van der Waals surface area contributed by atoms with Crippen LogP contribution < -0.4 is 0 Å². The van der Waals surface area contributed by atoms with Crippen molar-refractivity contribution in [3.8, 4) is 5.75 Å². The summed E-state index contributed by atoms with van der Waals surface area (Å²) in [5.41, 5.74) is 2.23. The molecule has 16 heavy (non-hydrogen) atoms. The highest BCUT2D eigenvalue weighted by molar-refractivity contribution is 5.35. The van der Waals surface area contributed by atoms with Gasteiger partial charge < -0.3 is 5.11 Å². The minimum atomic E-state index is 0.434. The highest BCUT2D eigenvalue weighted by Gasteiger charge is 1.98. The Morgan fingerprint density at radius 1 is 1.00 bits per heavy atom. The fourth-order valence-electron chi connectivity index (χ4n) is 1.92. The van der Waals surface area contributed by atoms with Crippen LogP contribution in [0.2, 0.25) is 0 Å². The molecular formula is C15H24O. The maximum atomic E-state index is 9.57. The minimum absolute atomic E-state index is 0.434. The van der Waals surface area contributed by atoms with Crippen molar-refractivity contribution in [2.45, 2.75) is 58.8 Å². The number of hydrogen-bond donors (Lipinski definition) is 1. The Morgan fingerprint density at radius 3 is 2.38 bits per heavy atom. The van der Waals surface area contributed by atoms with Crippen LogP contribution in [0, 0.1) is 6.92 Å². The molecule has 0 saturated heterocycles. The summed E-state index contributed by atoms with van der Waals surface area (Å²) in [7, 11) is 0. The van der Waals surface area contributed by atoms with E-state index in [0.29, 0.717) is 5.75 Å². The van der Waals surface area contributed by atoms with Gasteiger partial charge in [0.15, 0.2) is 0 Å². The summed E-state index contributed by atoms with van der Waals surface area (Å²) in [6, 6.07) is 6.03. The van der Waals surface area contributed by atoms with Crippen molar-refractivity contribution < 1.29 is 5.11 Å². The SMILES string of the molecule is CCCCCCCCc1ccc(C)c(O)c1. The molecule has 1 nitrogen and oxygen atoms in total. The first kappa shape index (κ1) is 13.1. The molecular weight excluding hydrogens is 196 g/mol. The third kappa shape index (κ3) is 4.69. The lowest BCUT2D eigenvalue weighted by molar-refractivity contribution is 0.470. The summed E-state index contributed by atoms with van der Waals surface area (Å²) in [6.07, 6.45) is 9.05. The molecule has 0 atom stereocenters. The molecule has 0 aromatic heterocycles. The molecule has 0 aliphatic heterocycles. The van der Waals surface area contributed by atoms with Gasteiger partial charge in [-0.15, -0.1) is 0 Å². The van der Waals surface area contributed by atoms with E-state index in [9.17, 15) is 5.11 Å². The average Bonchev–Trinajstić information content (AvgIpc) is 2.28. The Bertz CT molecular complexity index is 304. The quantitative estimate of drug-likeness (QED) is 0.666. The molecule has 0 radical (unpaired) electrons. The second-order valence-electron chi connectivity index (χ2n) is 4.64. The van der Waals surface area contributed by atoms with Crippen LogP contribution in [0.1, 0.15) is 56.6 Å². The van der Waals surface area contributed by atoms with Crippen LogP contribution in [0.25, 0.3) is 0 Å². The number of aromatic hydroxyl groups is 1. The molecule has 0 heterocycles. The van der Waals surface area contributed by atoms with Gasteiger partial charge in [-0.2, -0.15) is 0 Å². The number of rotatable bonds is 7. The Balaban J connectivity index is 2.19. The van der Waals surface area contributed by atoms with E-state index in [1.54, 1.807) is 0 Å². The fourth-order valence-corrected chi connectivity index (χ4v) is 1.92. The normalized spacial score (nSPS) is 10.6. The topological polar surface area (TPSA) is 20.2 Å². The predicted molar refractivity (Wildman–Crippen MR) is 69.9 cm³/mol. The van der Waals surface area contributed by atoms with Crippen LogP contribution >= 0.6 is 0 Å². The van der Waals surface area contributed by atoms with Gasteiger partial charge in [-0.1, -0.05) is 51.2 Å². The summed E-state index contributed by atoms with van der Waals surface area (Å²) in [4.78, 5) is 0. The van der Waals surface area contributed by atoms with Crippen LogP contribution in [0.5, 0.6) is 5.75 Å². The molecule has 0 aliphatic rings. The highest BCUT2D eigenvalue weighted by Crippen LogP contribution is 2.19. The van der Waals surface area contributed by atoms with Crippen molar-refractivity contribution in [2.24, 2.45) is 0 Å². The van der Waals surface area contributed by atoms with E-state index in [-0.39, 0.29) is 0 Å². The van der Waals surface area contributed by atoms with E-state index in [2.05, 4.69) is 13.0 Å². The van der Waals surface area contributed by atoms with Gasteiger partial charge in [-0.05, 0) is 37.0 Å². The molecule has 0 fully saturated rings. The van der Waals surface area contributed by atoms with Gasteiger partial charge in [0.05, 0.1) is 0 Å². The van der Waals surface area contributed by atoms with Gasteiger partial charge in [-0.25, -0.2) is 0 Å². The molecule has 0 amide bonds. The van der Waals surface area contributed by atoms with Crippen molar-refractivity contribution in [3.05, 3.63) is 29.3 Å². The van der Waals surface area contributed by atoms with E-state index in [0.717, 1.165) is 12.0 Å². The summed E-state index contributed by atoms with van der Waals surface area (Å²) >= 11 is 0. The average molecular weight is 220 g/mol. The molecule has 1 aromatic rings. The fraction of sp³-hybridized carbons (Fsp3) is 0.600. The van der Waals surface area contributed by atoms with Crippen molar-refractivity contribution in [1.82, 2.24) is 0 Å². The molecule has 1 aromatic carbocycles. The lowest BCUT2D eigenvalue weighted by Gasteiger charge is -2.04. The third-order valence-corrected chi connectivity index (χ3v) is 3.09. The second kappa shape index (κ2) is 7.32. The molecule has 1 rings (SSSR count). The first-order valence-electron chi connectivity index (χ1n) is 6.52. The van der Waals surface area contributed by atoms with E-state index in [1.807, 2.05) is 19.1 Å². The van der Waals surface area contributed by atoms with Gasteiger partial charge >= 0.3 is 0 Å². The molecule has 1 heteroatoms. The largest absolute Gasteiger partial charge is 0.508 e. The van der Waals surface area contributed by atoms with Crippen molar-refractivity contribution in [3.63, 3.8) is 0 Å². The summed E-state index contributed by atoms with van der Waals surface area (Å²) < 4.78 is 0. The van der Waals surface area contributed by atoms with Crippen molar-refractivity contribution >= 4 is 0 Å². The van der Waals surface area contributed by atoms with Crippen molar-refractivity contribution in [1.29, 1.82) is 0 Å². The lowest BCUT2D eigenvalue weighted by atomic mass is 10.0. The van der Waals surface area contributed by atoms with E-state index >= 15 is 0 Å². The number of unbranched alkanes of at least 4 members (excludes halogenated alkanes) is 5. The predicted octanol–water partition coefficient (Wildman–Crippen LogP) is 4.60. The number of aryl methyl sites for hydroxylation is 2. The van der Waals surface area contributed by atoms with E-state index < -0.39 is 0 Å². The van der Waals surface area contributed by atoms with Crippen LogP contribution in [-0.4, -0.2) is 5.11 Å². The molecule has 1 N–H and O–H groups in total.